The molecule has 4 aromatic carbocycles. The smallest absolute Gasteiger partial charge is 0.380 e. The molecule has 63 heavy (non-hydrogen) atoms. The zero-order valence-electron chi connectivity index (χ0n) is 35.6. The lowest BCUT2D eigenvalue weighted by Gasteiger charge is -2.34. The van der Waals surface area contributed by atoms with Gasteiger partial charge >= 0.3 is 14.1 Å². The van der Waals surface area contributed by atoms with Gasteiger partial charge in [0.2, 0.25) is 0 Å². The van der Waals surface area contributed by atoms with Crippen LogP contribution in [0.2, 0.25) is 0 Å². The number of carbonyl (C=O) groups excluding carboxylic acids is 1. The van der Waals surface area contributed by atoms with Gasteiger partial charge in [-0.25, -0.2) is 4.21 Å². The van der Waals surface area contributed by atoms with E-state index in [-0.39, 0.29) is 18.3 Å². The largest absolute Gasteiger partial charge is 0.475 e. The van der Waals surface area contributed by atoms with Gasteiger partial charge in [0.15, 0.2) is 10.8 Å². The number of amides is 1. The molecule has 1 aliphatic carbocycles. The van der Waals surface area contributed by atoms with E-state index in [9.17, 15) is 22.2 Å². The fourth-order valence-corrected chi connectivity index (χ4v) is 10.5. The fraction of sp³-hybridized carbons (Fsp3) is 0.383. The molecule has 2 unspecified atom stereocenters. The summed E-state index contributed by atoms with van der Waals surface area (Å²) < 4.78 is 62.8. The third-order valence-electron chi connectivity index (χ3n) is 11.2. The molecule has 9 nitrogen and oxygen atoms in total. The van der Waals surface area contributed by atoms with Gasteiger partial charge in [-0.05, 0) is 129 Å². The summed E-state index contributed by atoms with van der Waals surface area (Å²) in [6.07, 6.45) is 11.8. The molecule has 16 heteroatoms. The van der Waals surface area contributed by atoms with Crippen LogP contribution in [0.1, 0.15) is 60.5 Å². The average molecular weight is 941 g/mol. The van der Waals surface area contributed by atoms with Crippen LogP contribution in [0.4, 0.5) is 24.5 Å². The summed E-state index contributed by atoms with van der Waals surface area (Å²) in [4.78, 5) is 36.9. The van der Waals surface area contributed by atoms with E-state index in [1.807, 2.05) is 25.1 Å². The highest BCUT2D eigenvalue weighted by atomic mass is 32.2. The Labute approximate surface area is 381 Å². The quantitative estimate of drug-likeness (QED) is 0.0476. The van der Waals surface area contributed by atoms with Gasteiger partial charge < -0.3 is 29.4 Å². The molecule has 6 rings (SSSR count). The number of carbonyl (C=O) groups is 1. The highest BCUT2D eigenvalue weighted by Crippen LogP contribution is 2.36. The number of aryl methyl sites for hydroxylation is 1. The molecule has 1 amide bonds. The number of benzene rings is 4. The highest BCUT2D eigenvalue weighted by Gasteiger charge is 2.39. The van der Waals surface area contributed by atoms with Gasteiger partial charge in [0.1, 0.15) is 0 Å². The van der Waals surface area contributed by atoms with Gasteiger partial charge in [-0.15, -0.1) is 11.8 Å². The van der Waals surface area contributed by atoms with Crippen LogP contribution in [-0.4, -0.2) is 81.4 Å². The fourth-order valence-electron chi connectivity index (χ4n) is 7.70. The number of halogens is 3. The standard InChI is InChI=1S/C47H56F3N4O5PS3/c1-3-53(29-30-59-60(56)57)26-25-39(33-61-41-10-5-4-6-11-41)51-44-22-21-42(32-45(44)63(58)47(48,49)50)62-52-46(55)37-17-19-40(20-18-37)54-27-23-35(24-28-54)31-38-9-7-8-12-43(38)36-15-13-34(2)14-16-36/h5,7-22,32,35,39,51,56-57H,3-4,6,23-31,33H2,1-2H3,(H,52,55). The molecule has 1 aliphatic heterocycles. The van der Waals surface area contributed by atoms with Crippen molar-refractivity contribution in [2.24, 2.45) is 5.92 Å². The molecule has 4 N–H and O–H groups in total. The molecule has 0 spiro atoms. The zero-order valence-corrected chi connectivity index (χ0v) is 38.9. The molecule has 1 fully saturated rings. The minimum atomic E-state index is -5.01. The normalized spacial score (nSPS) is 15.7. The van der Waals surface area contributed by atoms with Gasteiger partial charge in [0.25, 0.3) is 5.91 Å². The Morgan fingerprint density at radius 1 is 1.00 bits per heavy atom. The minimum Gasteiger partial charge on any atom is -0.380 e. The van der Waals surface area contributed by atoms with E-state index in [2.05, 4.69) is 87.4 Å². The predicted octanol–water partition coefficient (Wildman–Crippen LogP) is 10.9. The summed E-state index contributed by atoms with van der Waals surface area (Å²) in [7, 11) is -5.81. The summed E-state index contributed by atoms with van der Waals surface area (Å²) in [5.74, 6) is 0.700. The van der Waals surface area contributed by atoms with Crippen LogP contribution in [0.3, 0.4) is 0 Å². The molecule has 2 atom stereocenters. The van der Waals surface area contributed by atoms with Gasteiger partial charge in [-0.3, -0.25) is 9.52 Å². The predicted molar refractivity (Wildman–Crippen MR) is 254 cm³/mol. The minimum absolute atomic E-state index is 0.101. The Morgan fingerprint density at radius 2 is 1.75 bits per heavy atom. The topological polar surface area (TPSA) is 114 Å². The van der Waals surface area contributed by atoms with Crippen molar-refractivity contribution in [1.29, 1.82) is 0 Å². The Morgan fingerprint density at radius 3 is 2.43 bits per heavy atom. The lowest BCUT2D eigenvalue weighted by atomic mass is 9.86. The first-order valence-electron chi connectivity index (χ1n) is 21.2. The summed E-state index contributed by atoms with van der Waals surface area (Å²) in [6, 6.07) is 28.7. The number of allylic oxidation sites excluding steroid dienone is 3. The van der Waals surface area contributed by atoms with Gasteiger partial charge in [0.05, 0.1) is 17.2 Å². The second-order valence-electron chi connectivity index (χ2n) is 15.7. The maximum absolute atomic E-state index is 14.1. The molecule has 1 heterocycles. The number of thioether (sulfide) groups is 1. The van der Waals surface area contributed by atoms with Crippen LogP contribution in [0.25, 0.3) is 11.1 Å². The van der Waals surface area contributed by atoms with E-state index in [1.54, 1.807) is 30.0 Å². The van der Waals surface area contributed by atoms with Crippen molar-refractivity contribution in [1.82, 2.24) is 9.62 Å². The summed E-state index contributed by atoms with van der Waals surface area (Å²) in [5.41, 5.74) is 1.67. The van der Waals surface area contributed by atoms with Crippen molar-refractivity contribution >= 4 is 60.4 Å². The number of nitrogens with zero attached hydrogens (tertiary/aromatic N) is 2. The zero-order chi connectivity index (χ0) is 44.8. The number of hydrogen-bond acceptors (Lipinski definition) is 10. The molecular weight excluding hydrogens is 885 g/mol. The molecule has 1 saturated heterocycles. The SMILES string of the molecule is CCN(CCOP(O)O)CCC(CSC1=CCCC=C1)Nc1ccc(SNC(=O)c2ccc(N3CCC(Cc4ccccc4-c4ccc(C)cc4)CC3)cc2)cc1S(=O)C(F)(F)F. The van der Waals surface area contributed by atoms with Crippen LogP contribution >= 0.6 is 32.3 Å². The van der Waals surface area contributed by atoms with Crippen molar-refractivity contribution in [3.63, 3.8) is 0 Å². The average Bonchev–Trinajstić information content (AvgIpc) is 3.29. The summed E-state index contributed by atoms with van der Waals surface area (Å²) in [6.45, 7) is 7.66. The van der Waals surface area contributed by atoms with Crippen LogP contribution in [0.5, 0.6) is 0 Å². The molecule has 0 bridgehead atoms. The van der Waals surface area contributed by atoms with Crippen LogP contribution < -0.4 is 14.9 Å². The maximum atomic E-state index is 14.1. The molecule has 0 radical (unpaired) electrons. The third-order valence-corrected chi connectivity index (χ3v) is 14.8. The van der Waals surface area contributed by atoms with E-state index in [4.69, 9.17) is 14.3 Å². The Hall–Kier alpha value is -3.66. The molecule has 0 aromatic heterocycles. The van der Waals surface area contributed by atoms with Crippen LogP contribution in [-0.2, 0) is 21.7 Å². The van der Waals surface area contributed by atoms with Crippen molar-refractivity contribution < 1.29 is 36.5 Å². The Bertz CT molecular complexity index is 2190. The molecule has 4 aromatic rings. The number of alkyl halides is 3. The molecular formula is C47H56F3N4O5PS3. The van der Waals surface area contributed by atoms with E-state index < -0.39 is 35.7 Å². The Kier molecular flexibility index (Phi) is 18.6. The van der Waals surface area contributed by atoms with Gasteiger partial charge in [-0.2, -0.15) is 13.2 Å². The highest BCUT2D eigenvalue weighted by molar-refractivity contribution is 8.03. The summed E-state index contributed by atoms with van der Waals surface area (Å²) >= 11 is 2.47. The summed E-state index contributed by atoms with van der Waals surface area (Å²) in [5, 5.41) is 3.27. The van der Waals surface area contributed by atoms with Gasteiger partial charge in [0, 0.05) is 59.0 Å². The number of piperidine rings is 1. The van der Waals surface area contributed by atoms with Crippen molar-refractivity contribution in [3.05, 3.63) is 131 Å². The van der Waals surface area contributed by atoms with Crippen LogP contribution in [0.15, 0.2) is 124 Å². The number of rotatable bonds is 21. The number of likely N-dealkylation sites (N-methyl/N-ethyl adjacent to an activating group) is 1. The Balaban J connectivity index is 1.06. The third kappa shape index (κ3) is 14.9. The second-order valence-corrected chi connectivity index (χ2v) is 19.8. The van der Waals surface area contributed by atoms with Crippen molar-refractivity contribution in [2.75, 3.05) is 55.3 Å². The van der Waals surface area contributed by atoms with E-state index >= 15 is 0 Å². The first-order chi connectivity index (χ1) is 30.4. The van der Waals surface area contributed by atoms with Crippen molar-refractivity contribution in [3.8, 4) is 11.1 Å². The molecule has 338 valence electrons. The lowest BCUT2D eigenvalue weighted by molar-refractivity contribution is -0.0384. The second kappa shape index (κ2) is 24.0. The number of anilines is 2. The lowest BCUT2D eigenvalue weighted by Crippen LogP contribution is -2.34. The van der Waals surface area contributed by atoms with Crippen LogP contribution in [0, 0.1) is 12.8 Å². The van der Waals surface area contributed by atoms with Gasteiger partial charge in [-0.1, -0.05) is 79.2 Å². The van der Waals surface area contributed by atoms with E-state index in [1.165, 1.54) is 34.4 Å². The monoisotopic (exact) mass is 940 g/mol. The van der Waals surface area contributed by atoms with E-state index in [0.29, 0.717) is 48.2 Å². The van der Waals surface area contributed by atoms with Crippen molar-refractivity contribution in [2.45, 2.75) is 73.7 Å². The molecule has 2 aliphatic rings. The first kappa shape index (κ1) is 48.8. The molecule has 0 saturated carbocycles. The van der Waals surface area contributed by atoms with E-state index in [0.717, 1.165) is 67.7 Å². The first-order valence-corrected chi connectivity index (χ1v) is 25.4. The number of hydrogen-bond donors (Lipinski definition) is 4. The number of nitrogens with one attached hydrogen (secondary N) is 2. The maximum Gasteiger partial charge on any atom is 0.475 e.